The zero-order valence-electron chi connectivity index (χ0n) is 12.0. The molecule has 0 radical (unpaired) electrons. The molecule has 3 rings (SSSR count). The fourth-order valence-corrected chi connectivity index (χ4v) is 4.82. The van der Waals surface area contributed by atoms with Crippen molar-refractivity contribution in [3.05, 3.63) is 34.3 Å². The molecule has 0 unspecified atom stereocenters. The largest absolute Gasteiger partial charge is 0.314 e. The minimum Gasteiger partial charge on any atom is -0.314 e. The number of nitrogens with one attached hydrogen (secondary N) is 1. The second-order valence-electron chi connectivity index (χ2n) is 7.00. The summed E-state index contributed by atoms with van der Waals surface area (Å²) in [4.78, 5) is 0. The van der Waals surface area contributed by atoms with Gasteiger partial charge in [0.05, 0.1) is 0 Å². The molecule has 0 amide bonds. The van der Waals surface area contributed by atoms with Crippen LogP contribution in [-0.4, -0.2) is 12.6 Å². The molecule has 0 bridgehead atoms. The van der Waals surface area contributed by atoms with Gasteiger partial charge >= 0.3 is 0 Å². The third kappa shape index (κ3) is 2.38. The van der Waals surface area contributed by atoms with Crippen molar-refractivity contribution in [2.45, 2.75) is 57.4 Å². The summed E-state index contributed by atoms with van der Waals surface area (Å²) in [6.45, 7) is 5.60. The minimum atomic E-state index is 0.366. The zero-order chi connectivity index (χ0) is 13.5. The van der Waals surface area contributed by atoms with Crippen LogP contribution in [0.1, 0.15) is 51.5 Å². The molecule has 0 atom stereocenters. The van der Waals surface area contributed by atoms with Gasteiger partial charge in [0, 0.05) is 22.5 Å². The maximum atomic E-state index is 3.76. The second kappa shape index (κ2) is 4.89. The highest BCUT2D eigenvalue weighted by atomic mass is 79.9. The fourth-order valence-electron chi connectivity index (χ4n) is 4.12. The fraction of sp³-hybridized carbons (Fsp3) is 0.647. The Labute approximate surface area is 125 Å². The smallest absolute Gasteiger partial charge is 0.0213 e. The molecule has 1 nitrogen and oxygen atoms in total. The molecule has 2 aliphatic carbocycles. The first-order valence-corrected chi connectivity index (χ1v) is 8.33. The highest BCUT2D eigenvalue weighted by Gasteiger charge is 2.57. The van der Waals surface area contributed by atoms with Gasteiger partial charge in [0.2, 0.25) is 0 Å². The maximum Gasteiger partial charge on any atom is 0.0213 e. The predicted octanol–water partition coefficient (Wildman–Crippen LogP) is 4.65. The van der Waals surface area contributed by atoms with Crippen LogP contribution in [0.2, 0.25) is 0 Å². The molecule has 1 N–H and O–H groups in total. The number of hydrogen-bond donors (Lipinski definition) is 1. The van der Waals surface area contributed by atoms with Crippen molar-refractivity contribution in [3.63, 3.8) is 0 Å². The van der Waals surface area contributed by atoms with E-state index >= 15 is 0 Å². The monoisotopic (exact) mass is 321 g/mol. The van der Waals surface area contributed by atoms with Crippen LogP contribution >= 0.6 is 15.9 Å². The maximum absolute atomic E-state index is 3.76. The Balaban J connectivity index is 1.83. The molecule has 0 saturated heterocycles. The van der Waals surface area contributed by atoms with Gasteiger partial charge in [-0.15, -0.1) is 0 Å². The van der Waals surface area contributed by atoms with Gasteiger partial charge in [0.25, 0.3) is 0 Å². The molecule has 1 spiro atoms. The van der Waals surface area contributed by atoms with Gasteiger partial charge < -0.3 is 5.32 Å². The molecule has 2 heteroatoms. The van der Waals surface area contributed by atoms with E-state index in [1.54, 1.807) is 0 Å². The number of hydrogen-bond acceptors (Lipinski definition) is 1. The average molecular weight is 322 g/mol. The van der Waals surface area contributed by atoms with Crippen LogP contribution < -0.4 is 5.32 Å². The zero-order valence-corrected chi connectivity index (χ0v) is 13.6. The molecular weight excluding hydrogens is 298 g/mol. The first-order valence-electron chi connectivity index (χ1n) is 7.54. The summed E-state index contributed by atoms with van der Waals surface area (Å²) < 4.78 is 1.29. The molecule has 2 saturated carbocycles. The topological polar surface area (TPSA) is 12.0 Å². The Morgan fingerprint density at radius 2 is 1.89 bits per heavy atom. The summed E-state index contributed by atoms with van der Waals surface area (Å²) in [5.74, 6) is 0. The first kappa shape index (κ1) is 13.6. The molecule has 0 heterocycles. The van der Waals surface area contributed by atoms with Crippen LogP contribution in [0, 0.1) is 5.41 Å². The lowest BCUT2D eigenvalue weighted by Gasteiger charge is -2.62. The van der Waals surface area contributed by atoms with Gasteiger partial charge in [0.15, 0.2) is 0 Å². The number of benzene rings is 1. The molecule has 1 aromatic carbocycles. The normalized spacial score (nSPS) is 23.2. The Kier molecular flexibility index (Phi) is 3.51. The van der Waals surface area contributed by atoms with E-state index in [1.165, 1.54) is 42.1 Å². The van der Waals surface area contributed by atoms with Crippen molar-refractivity contribution < 1.29 is 0 Å². The first-order chi connectivity index (χ1) is 9.05. The van der Waals surface area contributed by atoms with E-state index in [2.05, 4.69) is 59.4 Å². The number of rotatable bonds is 4. The molecule has 1 aromatic rings. The van der Waals surface area contributed by atoms with Crippen LogP contribution in [0.15, 0.2) is 28.7 Å². The van der Waals surface area contributed by atoms with Gasteiger partial charge in [-0.3, -0.25) is 0 Å². The van der Waals surface area contributed by atoms with Crippen LogP contribution in [0.5, 0.6) is 0 Å². The summed E-state index contributed by atoms with van der Waals surface area (Å²) in [6, 6.07) is 9.38. The molecular formula is C17H24BrN. The average Bonchev–Trinajstić information content (AvgIpc) is 2.27. The van der Waals surface area contributed by atoms with Gasteiger partial charge in [-0.2, -0.15) is 0 Å². The highest BCUT2D eigenvalue weighted by molar-refractivity contribution is 9.10. The SMILES string of the molecule is CC(C)NCC1(c2ccccc2Br)CC2(CCC2)C1. The van der Waals surface area contributed by atoms with Crippen LogP contribution in [0.25, 0.3) is 0 Å². The third-order valence-corrected chi connectivity index (χ3v) is 5.83. The van der Waals surface area contributed by atoms with E-state index in [9.17, 15) is 0 Å². The third-order valence-electron chi connectivity index (χ3n) is 5.13. The van der Waals surface area contributed by atoms with Gasteiger partial charge in [0.1, 0.15) is 0 Å². The quantitative estimate of drug-likeness (QED) is 0.851. The van der Waals surface area contributed by atoms with Crippen LogP contribution in [-0.2, 0) is 5.41 Å². The van der Waals surface area contributed by atoms with Gasteiger partial charge in [-0.25, -0.2) is 0 Å². The minimum absolute atomic E-state index is 0.366. The van der Waals surface area contributed by atoms with Crippen molar-refractivity contribution in [1.29, 1.82) is 0 Å². The van der Waals surface area contributed by atoms with E-state index in [0.29, 0.717) is 16.9 Å². The van der Waals surface area contributed by atoms with Crippen molar-refractivity contribution in [3.8, 4) is 0 Å². The lowest BCUT2D eigenvalue weighted by atomic mass is 9.43. The van der Waals surface area contributed by atoms with E-state index in [4.69, 9.17) is 0 Å². The van der Waals surface area contributed by atoms with Crippen molar-refractivity contribution in [2.75, 3.05) is 6.54 Å². The molecule has 104 valence electrons. The van der Waals surface area contributed by atoms with E-state index in [0.717, 1.165) is 6.54 Å². The molecule has 2 fully saturated rings. The molecule has 2 aliphatic rings. The lowest BCUT2D eigenvalue weighted by Crippen LogP contribution is -2.58. The predicted molar refractivity (Wildman–Crippen MR) is 84.5 cm³/mol. The summed E-state index contributed by atoms with van der Waals surface area (Å²) in [5.41, 5.74) is 2.58. The van der Waals surface area contributed by atoms with Crippen LogP contribution in [0.3, 0.4) is 0 Å². The van der Waals surface area contributed by atoms with E-state index < -0.39 is 0 Å². The van der Waals surface area contributed by atoms with Crippen molar-refractivity contribution >= 4 is 15.9 Å². The van der Waals surface area contributed by atoms with Gasteiger partial charge in [-0.1, -0.05) is 54.4 Å². The van der Waals surface area contributed by atoms with Crippen molar-refractivity contribution in [2.24, 2.45) is 5.41 Å². The van der Waals surface area contributed by atoms with E-state index in [-0.39, 0.29) is 0 Å². The lowest BCUT2D eigenvalue weighted by molar-refractivity contribution is -0.0492. The Bertz CT molecular complexity index is 454. The molecule has 19 heavy (non-hydrogen) atoms. The summed E-state index contributed by atoms with van der Waals surface area (Å²) in [7, 11) is 0. The van der Waals surface area contributed by atoms with Gasteiger partial charge in [-0.05, 0) is 42.7 Å². The summed E-state index contributed by atoms with van der Waals surface area (Å²) in [5, 5.41) is 3.68. The molecule has 0 aliphatic heterocycles. The Morgan fingerprint density at radius 1 is 1.21 bits per heavy atom. The Morgan fingerprint density at radius 3 is 2.42 bits per heavy atom. The molecule has 0 aromatic heterocycles. The second-order valence-corrected chi connectivity index (χ2v) is 7.86. The summed E-state index contributed by atoms with van der Waals surface area (Å²) >= 11 is 3.76. The highest BCUT2D eigenvalue weighted by Crippen LogP contribution is 2.65. The Hall–Kier alpha value is -0.340. The van der Waals surface area contributed by atoms with E-state index in [1.807, 2.05) is 0 Å². The number of halogens is 1. The van der Waals surface area contributed by atoms with Crippen molar-refractivity contribution in [1.82, 2.24) is 5.32 Å². The van der Waals surface area contributed by atoms with Crippen LogP contribution in [0.4, 0.5) is 0 Å². The summed E-state index contributed by atoms with van der Waals surface area (Å²) in [6.07, 6.45) is 7.12. The standard InChI is InChI=1S/C17H24BrN/c1-13(2)19-12-17(10-16(11-17)8-5-9-16)14-6-3-4-7-15(14)18/h3-4,6-7,13,19H,5,8-12H2,1-2H3.